The van der Waals surface area contributed by atoms with Gasteiger partial charge in [0, 0.05) is 12.1 Å². The van der Waals surface area contributed by atoms with Crippen LogP contribution in [0.3, 0.4) is 0 Å². The zero-order chi connectivity index (χ0) is 20.8. The van der Waals surface area contributed by atoms with Crippen LogP contribution in [0.2, 0.25) is 0 Å². The van der Waals surface area contributed by atoms with Gasteiger partial charge in [-0.15, -0.1) is 0 Å². The lowest BCUT2D eigenvalue weighted by Crippen LogP contribution is -2.47. The summed E-state index contributed by atoms with van der Waals surface area (Å²) >= 11 is 0. The number of hydrogen-bond acceptors (Lipinski definition) is 6. The molecule has 29 heavy (non-hydrogen) atoms. The maximum atomic E-state index is 13.3. The van der Waals surface area contributed by atoms with Crippen molar-refractivity contribution in [1.82, 2.24) is 0 Å². The van der Waals surface area contributed by atoms with Gasteiger partial charge in [0.05, 0.1) is 31.3 Å². The molecule has 2 aliphatic heterocycles. The molecule has 0 spiro atoms. The summed E-state index contributed by atoms with van der Waals surface area (Å²) in [6.45, 7) is 0.381. The van der Waals surface area contributed by atoms with E-state index in [1.165, 1.54) is 22.6 Å². The van der Waals surface area contributed by atoms with E-state index in [1.807, 2.05) is 0 Å². The Hall–Kier alpha value is -3.07. The number of amides is 1. The molecule has 9 heteroatoms. The third kappa shape index (κ3) is 3.42. The first-order valence-corrected chi connectivity index (χ1v) is 10.9. The molecule has 8 nitrogen and oxygen atoms in total. The largest absolute Gasteiger partial charge is 0.475 e. The Morgan fingerprint density at radius 3 is 2.62 bits per heavy atom. The Morgan fingerprint density at radius 1 is 1.14 bits per heavy atom. The molecule has 2 heterocycles. The van der Waals surface area contributed by atoms with Crippen molar-refractivity contribution in [3.05, 3.63) is 53.6 Å². The number of carbonyl (C=O) groups is 2. The van der Waals surface area contributed by atoms with Crippen LogP contribution in [0, 0.1) is 0 Å². The van der Waals surface area contributed by atoms with Crippen LogP contribution in [0.25, 0.3) is 0 Å². The number of ether oxygens (including phenoxy) is 2. The SMILES string of the molecule is COC(=O)C1CN(C(=O)c2ccc3c(c2)CCN3S(C)(=O)=O)c2ccccc2O1. The van der Waals surface area contributed by atoms with E-state index < -0.39 is 22.1 Å². The third-order valence-corrected chi connectivity index (χ3v) is 6.24. The first kappa shape index (κ1) is 19.3. The van der Waals surface area contributed by atoms with E-state index in [4.69, 9.17) is 9.47 Å². The highest BCUT2D eigenvalue weighted by Gasteiger charge is 2.35. The molecule has 0 aromatic heterocycles. The molecule has 4 rings (SSSR count). The van der Waals surface area contributed by atoms with Crippen molar-refractivity contribution < 1.29 is 27.5 Å². The average molecular weight is 416 g/mol. The number of fused-ring (bicyclic) bond motifs is 2. The number of methoxy groups -OCH3 is 1. The van der Waals surface area contributed by atoms with Gasteiger partial charge >= 0.3 is 5.97 Å². The minimum atomic E-state index is -3.36. The van der Waals surface area contributed by atoms with Gasteiger partial charge in [-0.25, -0.2) is 13.2 Å². The zero-order valence-electron chi connectivity index (χ0n) is 16.0. The van der Waals surface area contributed by atoms with Gasteiger partial charge in [-0.05, 0) is 42.3 Å². The fourth-order valence-electron chi connectivity index (χ4n) is 3.69. The van der Waals surface area contributed by atoms with E-state index in [2.05, 4.69) is 0 Å². The molecule has 0 saturated carbocycles. The highest BCUT2D eigenvalue weighted by molar-refractivity contribution is 7.92. The van der Waals surface area contributed by atoms with Crippen molar-refractivity contribution in [2.45, 2.75) is 12.5 Å². The molecule has 0 radical (unpaired) electrons. The highest BCUT2D eigenvalue weighted by atomic mass is 32.2. The highest BCUT2D eigenvalue weighted by Crippen LogP contribution is 2.36. The van der Waals surface area contributed by atoms with Gasteiger partial charge in [-0.3, -0.25) is 9.10 Å². The van der Waals surface area contributed by atoms with Gasteiger partial charge in [0.15, 0.2) is 0 Å². The molecule has 0 saturated heterocycles. The second kappa shape index (κ2) is 7.07. The number of esters is 1. The minimum Gasteiger partial charge on any atom is -0.475 e. The van der Waals surface area contributed by atoms with Crippen LogP contribution in [-0.4, -0.2) is 52.9 Å². The van der Waals surface area contributed by atoms with Crippen LogP contribution in [0.1, 0.15) is 15.9 Å². The predicted molar refractivity (Wildman–Crippen MR) is 107 cm³/mol. The van der Waals surface area contributed by atoms with E-state index in [1.54, 1.807) is 42.5 Å². The van der Waals surface area contributed by atoms with Crippen LogP contribution in [0.5, 0.6) is 5.75 Å². The monoisotopic (exact) mass is 416 g/mol. The van der Waals surface area contributed by atoms with Gasteiger partial charge < -0.3 is 14.4 Å². The smallest absolute Gasteiger partial charge is 0.348 e. The molecular weight excluding hydrogens is 396 g/mol. The lowest BCUT2D eigenvalue weighted by molar-refractivity contribution is -0.148. The maximum absolute atomic E-state index is 13.3. The first-order valence-electron chi connectivity index (χ1n) is 9.05. The second-order valence-electron chi connectivity index (χ2n) is 6.94. The number of para-hydroxylation sites is 2. The number of nitrogens with zero attached hydrogens (tertiary/aromatic N) is 2. The summed E-state index contributed by atoms with van der Waals surface area (Å²) in [6.07, 6.45) is 0.779. The molecule has 0 N–H and O–H groups in total. The predicted octanol–water partition coefficient (Wildman–Crippen LogP) is 1.59. The second-order valence-corrected chi connectivity index (χ2v) is 8.85. The number of benzene rings is 2. The van der Waals surface area contributed by atoms with Crippen molar-refractivity contribution in [2.24, 2.45) is 0 Å². The van der Waals surface area contributed by atoms with E-state index >= 15 is 0 Å². The van der Waals surface area contributed by atoms with Crippen molar-refractivity contribution in [3.63, 3.8) is 0 Å². The molecule has 2 aromatic rings. The number of rotatable bonds is 3. The molecular formula is C20H20N2O6S. The van der Waals surface area contributed by atoms with Gasteiger partial charge in [0.1, 0.15) is 5.75 Å². The van der Waals surface area contributed by atoms with Crippen LogP contribution in [0.15, 0.2) is 42.5 Å². The topological polar surface area (TPSA) is 93.2 Å². The fraction of sp³-hybridized carbons (Fsp3) is 0.300. The van der Waals surface area contributed by atoms with Gasteiger partial charge in [0.2, 0.25) is 16.1 Å². The van der Waals surface area contributed by atoms with E-state index in [9.17, 15) is 18.0 Å². The summed E-state index contributed by atoms with van der Waals surface area (Å²) < 4.78 is 35.6. The summed E-state index contributed by atoms with van der Waals surface area (Å²) in [5.41, 5.74) is 2.38. The van der Waals surface area contributed by atoms with Crippen molar-refractivity contribution in [1.29, 1.82) is 0 Å². The quantitative estimate of drug-likeness (QED) is 0.706. The number of anilines is 2. The fourth-order valence-corrected chi connectivity index (χ4v) is 4.64. The number of sulfonamides is 1. The maximum Gasteiger partial charge on any atom is 0.348 e. The molecule has 1 atom stereocenters. The molecule has 2 aromatic carbocycles. The minimum absolute atomic E-state index is 0.0229. The Balaban J connectivity index is 1.68. The molecule has 1 amide bonds. The molecule has 2 aliphatic rings. The van der Waals surface area contributed by atoms with E-state index in [0.29, 0.717) is 35.7 Å². The van der Waals surface area contributed by atoms with Crippen molar-refractivity contribution >= 4 is 33.3 Å². The normalized spacial score (nSPS) is 17.9. The van der Waals surface area contributed by atoms with Crippen LogP contribution in [-0.2, 0) is 26.0 Å². The lowest BCUT2D eigenvalue weighted by Gasteiger charge is -2.33. The van der Waals surface area contributed by atoms with Crippen LogP contribution >= 0.6 is 0 Å². The lowest BCUT2D eigenvalue weighted by atomic mass is 10.1. The molecule has 1 unspecified atom stereocenters. The van der Waals surface area contributed by atoms with Crippen molar-refractivity contribution in [2.75, 3.05) is 35.7 Å². The Bertz CT molecular complexity index is 1100. The number of hydrogen-bond donors (Lipinski definition) is 0. The standard InChI is InChI=1S/C20H20N2O6S/c1-27-20(24)18-12-21(16-5-3-4-6-17(16)28-18)19(23)14-7-8-15-13(11-14)9-10-22(15)29(2,25)26/h3-8,11,18H,9-10,12H2,1-2H3. The van der Waals surface area contributed by atoms with Gasteiger partial charge in [-0.1, -0.05) is 12.1 Å². The van der Waals surface area contributed by atoms with Crippen LogP contribution < -0.4 is 13.9 Å². The first-order chi connectivity index (χ1) is 13.8. The average Bonchev–Trinajstić information content (AvgIpc) is 3.15. The Kier molecular flexibility index (Phi) is 4.70. The Labute approximate surface area is 168 Å². The van der Waals surface area contributed by atoms with E-state index in [0.717, 1.165) is 5.56 Å². The van der Waals surface area contributed by atoms with E-state index in [-0.39, 0.29) is 12.5 Å². The molecule has 0 bridgehead atoms. The summed E-state index contributed by atoms with van der Waals surface area (Å²) in [5.74, 6) is -0.433. The number of carbonyl (C=O) groups excluding carboxylic acids is 2. The van der Waals surface area contributed by atoms with Gasteiger partial charge in [0.25, 0.3) is 5.91 Å². The Morgan fingerprint density at radius 2 is 1.90 bits per heavy atom. The summed E-state index contributed by atoms with van der Waals surface area (Å²) in [6, 6.07) is 12.0. The van der Waals surface area contributed by atoms with Crippen LogP contribution in [0.4, 0.5) is 11.4 Å². The third-order valence-electron chi connectivity index (χ3n) is 5.06. The zero-order valence-corrected chi connectivity index (χ0v) is 16.8. The summed E-state index contributed by atoms with van der Waals surface area (Å²) in [5, 5.41) is 0. The molecule has 0 aliphatic carbocycles. The molecule has 152 valence electrons. The molecule has 0 fully saturated rings. The summed E-state index contributed by atoms with van der Waals surface area (Å²) in [7, 11) is -2.09. The van der Waals surface area contributed by atoms with Crippen molar-refractivity contribution in [3.8, 4) is 5.75 Å². The summed E-state index contributed by atoms with van der Waals surface area (Å²) in [4.78, 5) is 26.8. The van der Waals surface area contributed by atoms with Gasteiger partial charge in [-0.2, -0.15) is 0 Å².